The molecule has 1 N–H and O–H groups in total. The number of rotatable bonds is 5. The van der Waals surface area contributed by atoms with Crippen LogP contribution in [0, 0.1) is 5.92 Å². The van der Waals surface area contributed by atoms with E-state index in [1.54, 1.807) is 23.0 Å². The summed E-state index contributed by atoms with van der Waals surface area (Å²) in [6.45, 7) is 6.66. The molecule has 1 atom stereocenters. The summed E-state index contributed by atoms with van der Waals surface area (Å²) in [7, 11) is 0. The highest BCUT2D eigenvalue weighted by molar-refractivity contribution is 8.00. The average Bonchev–Trinajstić information content (AvgIpc) is 2.77. The van der Waals surface area contributed by atoms with Gasteiger partial charge in [-0.25, -0.2) is 9.50 Å². The zero-order chi connectivity index (χ0) is 13.8. The Balaban J connectivity index is 1.98. The number of thioether (sulfide) groups is 1. The van der Waals surface area contributed by atoms with E-state index in [9.17, 15) is 4.79 Å². The molecule has 6 nitrogen and oxygen atoms in total. The fraction of sp³-hybridized carbons (Fsp3) is 0.500. The number of nitrogens with zero attached hydrogens (tertiary/aromatic N) is 4. The quantitative estimate of drug-likeness (QED) is 0.837. The first-order valence-electron chi connectivity index (χ1n) is 6.18. The van der Waals surface area contributed by atoms with Crippen LogP contribution in [-0.4, -0.2) is 37.3 Å². The van der Waals surface area contributed by atoms with Crippen molar-refractivity contribution in [3.8, 4) is 0 Å². The molecule has 0 saturated heterocycles. The van der Waals surface area contributed by atoms with E-state index < -0.39 is 0 Å². The van der Waals surface area contributed by atoms with Gasteiger partial charge in [-0.3, -0.25) is 4.79 Å². The van der Waals surface area contributed by atoms with Crippen LogP contribution in [0.1, 0.15) is 20.8 Å². The van der Waals surface area contributed by atoms with Gasteiger partial charge in [0.2, 0.25) is 11.1 Å². The molecule has 0 aliphatic rings. The first-order chi connectivity index (χ1) is 9.06. The van der Waals surface area contributed by atoms with Crippen LogP contribution in [0.2, 0.25) is 0 Å². The lowest BCUT2D eigenvalue weighted by Gasteiger charge is -2.11. The molecule has 0 aliphatic carbocycles. The highest BCUT2D eigenvalue weighted by atomic mass is 32.2. The molecule has 0 spiro atoms. The van der Waals surface area contributed by atoms with Crippen molar-refractivity contribution >= 4 is 23.4 Å². The van der Waals surface area contributed by atoms with Crippen LogP contribution in [-0.2, 0) is 4.79 Å². The average molecular weight is 279 g/mol. The third-order valence-corrected chi connectivity index (χ3v) is 3.38. The van der Waals surface area contributed by atoms with Crippen LogP contribution in [0.3, 0.4) is 0 Å². The van der Waals surface area contributed by atoms with Crippen molar-refractivity contribution in [3.05, 3.63) is 18.5 Å². The summed E-state index contributed by atoms with van der Waals surface area (Å²) in [5.41, 5.74) is 0. The molecule has 2 aromatic heterocycles. The SMILES string of the molecule is CC(C)CNC(=O)[C@H](C)Sc1nc2ncccn2n1. The number of carbonyl (C=O) groups is 1. The lowest BCUT2D eigenvalue weighted by Crippen LogP contribution is -2.33. The fourth-order valence-corrected chi connectivity index (χ4v) is 2.20. The van der Waals surface area contributed by atoms with E-state index in [1.165, 1.54) is 11.8 Å². The molecule has 0 fully saturated rings. The fourth-order valence-electron chi connectivity index (χ4n) is 1.42. The molecule has 0 aliphatic heterocycles. The van der Waals surface area contributed by atoms with E-state index in [-0.39, 0.29) is 11.2 Å². The number of carbonyl (C=O) groups excluding carboxylic acids is 1. The van der Waals surface area contributed by atoms with Crippen molar-refractivity contribution in [1.29, 1.82) is 0 Å². The Hall–Kier alpha value is -1.63. The first kappa shape index (κ1) is 13.8. The van der Waals surface area contributed by atoms with Crippen molar-refractivity contribution in [3.63, 3.8) is 0 Å². The van der Waals surface area contributed by atoms with Gasteiger partial charge < -0.3 is 5.32 Å². The third-order valence-electron chi connectivity index (χ3n) is 2.43. The largest absolute Gasteiger partial charge is 0.355 e. The van der Waals surface area contributed by atoms with E-state index >= 15 is 0 Å². The monoisotopic (exact) mass is 279 g/mol. The zero-order valence-electron chi connectivity index (χ0n) is 11.2. The number of nitrogens with one attached hydrogen (secondary N) is 1. The van der Waals surface area contributed by atoms with E-state index in [2.05, 4.69) is 34.2 Å². The molecular formula is C12H17N5OS. The van der Waals surface area contributed by atoms with Crippen molar-refractivity contribution in [2.24, 2.45) is 5.92 Å². The molecule has 1 amide bonds. The molecule has 0 bridgehead atoms. The Labute approximate surface area is 116 Å². The van der Waals surface area contributed by atoms with Crippen molar-refractivity contribution in [2.75, 3.05) is 6.54 Å². The Morgan fingerprint density at radius 1 is 1.47 bits per heavy atom. The maximum absolute atomic E-state index is 11.9. The van der Waals surface area contributed by atoms with Gasteiger partial charge >= 0.3 is 0 Å². The first-order valence-corrected chi connectivity index (χ1v) is 7.06. The summed E-state index contributed by atoms with van der Waals surface area (Å²) in [4.78, 5) is 20.2. The van der Waals surface area contributed by atoms with Crippen molar-refractivity contribution in [1.82, 2.24) is 24.9 Å². The lowest BCUT2D eigenvalue weighted by molar-refractivity contribution is -0.120. The van der Waals surface area contributed by atoms with Crippen LogP contribution in [0.25, 0.3) is 5.78 Å². The van der Waals surface area contributed by atoms with Gasteiger partial charge in [-0.05, 0) is 18.9 Å². The van der Waals surface area contributed by atoms with Gasteiger partial charge in [0, 0.05) is 18.9 Å². The Bertz CT molecular complexity index is 535. The topological polar surface area (TPSA) is 72.2 Å². The number of hydrogen-bond donors (Lipinski definition) is 1. The van der Waals surface area contributed by atoms with E-state index in [0.717, 1.165) is 0 Å². The van der Waals surface area contributed by atoms with E-state index in [4.69, 9.17) is 0 Å². The highest BCUT2D eigenvalue weighted by Gasteiger charge is 2.17. The van der Waals surface area contributed by atoms with Gasteiger partial charge in [0.1, 0.15) is 0 Å². The predicted octanol–water partition coefficient (Wildman–Crippen LogP) is 1.38. The zero-order valence-corrected chi connectivity index (χ0v) is 12.0. The second kappa shape index (κ2) is 6.01. The predicted molar refractivity (Wildman–Crippen MR) is 73.9 cm³/mol. The normalized spacial score (nSPS) is 12.8. The smallest absolute Gasteiger partial charge is 0.253 e. The Kier molecular flexibility index (Phi) is 4.36. The van der Waals surface area contributed by atoms with Gasteiger partial charge in [-0.2, -0.15) is 4.98 Å². The molecule has 19 heavy (non-hydrogen) atoms. The Morgan fingerprint density at radius 2 is 2.26 bits per heavy atom. The summed E-state index contributed by atoms with van der Waals surface area (Å²) >= 11 is 1.33. The Morgan fingerprint density at radius 3 is 2.95 bits per heavy atom. The van der Waals surface area contributed by atoms with Crippen LogP contribution in [0.15, 0.2) is 23.6 Å². The molecule has 2 rings (SSSR count). The van der Waals surface area contributed by atoms with Crippen LogP contribution in [0.5, 0.6) is 0 Å². The van der Waals surface area contributed by atoms with E-state index in [1.807, 2.05) is 6.92 Å². The van der Waals surface area contributed by atoms with Gasteiger partial charge in [0.15, 0.2) is 0 Å². The second-order valence-corrected chi connectivity index (χ2v) is 5.97. The van der Waals surface area contributed by atoms with E-state index in [0.29, 0.717) is 23.4 Å². The van der Waals surface area contributed by atoms with Gasteiger partial charge in [-0.1, -0.05) is 25.6 Å². The van der Waals surface area contributed by atoms with Crippen molar-refractivity contribution < 1.29 is 4.79 Å². The molecular weight excluding hydrogens is 262 g/mol. The molecule has 0 radical (unpaired) electrons. The molecule has 0 unspecified atom stereocenters. The summed E-state index contributed by atoms with van der Waals surface area (Å²) < 4.78 is 1.60. The second-order valence-electron chi connectivity index (χ2n) is 4.66. The third kappa shape index (κ3) is 3.66. The van der Waals surface area contributed by atoms with Crippen LogP contribution >= 0.6 is 11.8 Å². The minimum atomic E-state index is -0.226. The molecule has 2 heterocycles. The molecule has 2 aromatic rings. The number of hydrogen-bond acceptors (Lipinski definition) is 5. The minimum absolute atomic E-state index is 0.00511. The summed E-state index contributed by atoms with van der Waals surface area (Å²) in [6, 6.07) is 1.79. The van der Waals surface area contributed by atoms with Crippen LogP contribution in [0.4, 0.5) is 0 Å². The maximum atomic E-state index is 11.9. The number of aromatic nitrogens is 4. The minimum Gasteiger partial charge on any atom is -0.355 e. The summed E-state index contributed by atoms with van der Waals surface area (Å²) in [6.07, 6.45) is 3.44. The summed E-state index contributed by atoms with van der Waals surface area (Å²) in [5.74, 6) is 0.990. The standard InChI is InChI=1S/C12H17N5OS/c1-8(2)7-14-10(18)9(3)19-12-15-11-13-5-4-6-17(11)16-12/h4-6,8-9H,7H2,1-3H3,(H,14,18)/t9-/m0/s1. The number of fused-ring (bicyclic) bond motifs is 1. The molecule has 0 saturated carbocycles. The molecule has 0 aromatic carbocycles. The van der Waals surface area contributed by atoms with Crippen LogP contribution < -0.4 is 5.32 Å². The van der Waals surface area contributed by atoms with Gasteiger partial charge in [0.25, 0.3) is 5.78 Å². The molecule has 102 valence electrons. The maximum Gasteiger partial charge on any atom is 0.253 e. The summed E-state index contributed by atoms with van der Waals surface area (Å²) in [5, 5.41) is 7.49. The van der Waals surface area contributed by atoms with Gasteiger partial charge in [-0.15, -0.1) is 5.10 Å². The van der Waals surface area contributed by atoms with Crippen molar-refractivity contribution in [2.45, 2.75) is 31.2 Å². The van der Waals surface area contributed by atoms with Gasteiger partial charge in [0.05, 0.1) is 5.25 Å². The molecule has 7 heteroatoms. The lowest BCUT2D eigenvalue weighted by atomic mass is 10.2. The highest BCUT2D eigenvalue weighted by Crippen LogP contribution is 2.19. The number of amides is 1.